The predicted molar refractivity (Wildman–Crippen MR) is 116 cm³/mol. The average Bonchev–Trinajstić information content (AvgIpc) is 2.94. The summed E-state index contributed by atoms with van der Waals surface area (Å²) in [5.74, 6) is -3.09. The van der Waals surface area contributed by atoms with Gasteiger partial charge in [-0.05, 0) is 52.0 Å². The molecule has 2 aromatic carbocycles. The second-order valence-electron chi connectivity index (χ2n) is 9.22. The monoisotopic (exact) mass is 436 g/mol. The number of ketones is 1. The highest BCUT2D eigenvalue weighted by Crippen LogP contribution is 2.59. The van der Waals surface area contributed by atoms with Gasteiger partial charge in [-0.1, -0.05) is 11.6 Å². The predicted octanol–water partition coefficient (Wildman–Crippen LogP) is 4.19. The summed E-state index contributed by atoms with van der Waals surface area (Å²) in [4.78, 5) is 13.7. The van der Waals surface area contributed by atoms with Crippen LogP contribution in [0.1, 0.15) is 55.6 Å². The third-order valence-corrected chi connectivity index (χ3v) is 6.10. The van der Waals surface area contributed by atoms with Crippen LogP contribution in [0.3, 0.4) is 0 Å². The van der Waals surface area contributed by atoms with Crippen LogP contribution in [0.4, 0.5) is 0 Å². The Hall–Kier alpha value is -3.45. The number of allylic oxidation sites excluding steroid dienone is 1. The highest BCUT2D eigenvalue weighted by atomic mass is 16.7. The minimum absolute atomic E-state index is 0.0767. The second-order valence-corrected chi connectivity index (χ2v) is 9.22. The molecule has 3 aliphatic heterocycles. The summed E-state index contributed by atoms with van der Waals surface area (Å²) < 4.78 is 18.2. The van der Waals surface area contributed by atoms with Crippen molar-refractivity contribution in [2.75, 3.05) is 0 Å². The van der Waals surface area contributed by atoms with Crippen molar-refractivity contribution in [1.29, 1.82) is 0 Å². The quantitative estimate of drug-likeness (QED) is 0.606. The number of rotatable bonds is 2. The maximum absolute atomic E-state index is 13.7. The Morgan fingerprint density at radius 2 is 1.81 bits per heavy atom. The number of phenolic OH excluding ortho intramolecular Hbond substituents is 2. The first-order valence-corrected chi connectivity index (χ1v) is 10.4. The molecule has 7 heteroatoms. The van der Waals surface area contributed by atoms with Gasteiger partial charge in [0.25, 0.3) is 0 Å². The van der Waals surface area contributed by atoms with Crippen LogP contribution in [0.25, 0.3) is 6.08 Å². The largest absolute Gasteiger partial charge is 0.508 e. The molecule has 0 radical (unpaired) electrons. The topological polar surface area (TPSA) is 105 Å². The maximum Gasteiger partial charge on any atom is 0.318 e. The van der Waals surface area contributed by atoms with Gasteiger partial charge in [-0.2, -0.15) is 0 Å². The highest BCUT2D eigenvalue weighted by Gasteiger charge is 2.70. The molecule has 3 aliphatic rings. The van der Waals surface area contributed by atoms with E-state index < -0.39 is 22.8 Å². The molecular formula is C25H24O7. The van der Waals surface area contributed by atoms with Crippen molar-refractivity contribution in [3.05, 3.63) is 58.7 Å². The van der Waals surface area contributed by atoms with E-state index in [4.69, 9.17) is 14.2 Å². The van der Waals surface area contributed by atoms with Crippen LogP contribution in [0.15, 0.2) is 42.0 Å². The van der Waals surface area contributed by atoms with Crippen LogP contribution >= 0.6 is 0 Å². The van der Waals surface area contributed by atoms with Crippen LogP contribution in [-0.4, -0.2) is 32.5 Å². The fraction of sp³-hybridized carbons (Fsp3) is 0.320. The van der Waals surface area contributed by atoms with E-state index in [1.165, 1.54) is 18.2 Å². The van der Waals surface area contributed by atoms with Gasteiger partial charge in [0.05, 0.1) is 5.56 Å². The molecular weight excluding hydrogens is 412 g/mol. The molecule has 0 bridgehead atoms. The first-order valence-electron chi connectivity index (χ1n) is 10.4. The van der Waals surface area contributed by atoms with Gasteiger partial charge in [0.2, 0.25) is 11.4 Å². The number of hydrogen-bond donors (Lipinski definition) is 3. The lowest BCUT2D eigenvalue weighted by molar-refractivity contribution is -0.201. The van der Waals surface area contributed by atoms with Crippen molar-refractivity contribution in [3.63, 3.8) is 0 Å². The van der Waals surface area contributed by atoms with Crippen molar-refractivity contribution >= 4 is 11.9 Å². The molecule has 5 rings (SSSR count). The van der Waals surface area contributed by atoms with Crippen molar-refractivity contribution in [1.82, 2.24) is 0 Å². The normalized spacial score (nSPS) is 26.0. The molecule has 3 N–H and O–H groups in total. The Kier molecular flexibility index (Phi) is 4.02. The third-order valence-electron chi connectivity index (χ3n) is 6.10. The number of ether oxygens (including phenoxy) is 3. The van der Waals surface area contributed by atoms with Gasteiger partial charge >= 0.3 is 5.79 Å². The molecule has 2 atom stereocenters. The molecule has 7 nitrogen and oxygen atoms in total. The molecule has 166 valence electrons. The summed E-state index contributed by atoms with van der Waals surface area (Å²) in [6, 6.07) is 5.70. The van der Waals surface area contributed by atoms with Gasteiger partial charge in [0, 0.05) is 24.1 Å². The number of Topliss-reactive ketones (excluding diaryl/α,β-unsaturated/α-hetero) is 1. The molecule has 32 heavy (non-hydrogen) atoms. The minimum Gasteiger partial charge on any atom is -0.508 e. The van der Waals surface area contributed by atoms with Gasteiger partial charge < -0.3 is 29.5 Å². The van der Waals surface area contributed by atoms with Gasteiger partial charge in [0.15, 0.2) is 0 Å². The lowest BCUT2D eigenvalue weighted by Crippen LogP contribution is -2.62. The van der Waals surface area contributed by atoms with Gasteiger partial charge in [-0.3, -0.25) is 4.79 Å². The van der Waals surface area contributed by atoms with Crippen LogP contribution in [0, 0.1) is 0 Å². The lowest BCUT2D eigenvalue weighted by atomic mass is 9.76. The first-order chi connectivity index (χ1) is 15.0. The molecule has 0 unspecified atom stereocenters. The van der Waals surface area contributed by atoms with Crippen molar-refractivity contribution in [2.45, 2.75) is 51.1 Å². The van der Waals surface area contributed by atoms with Crippen LogP contribution in [-0.2, 0) is 5.60 Å². The zero-order valence-corrected chi connectivity index (χ0v) is 18.2. The smallest absolute Gasteiger partial charge is 0.318 e. The molecule has 0 aromatic heterocycles. The summed E-state index contributed by atoms with van der Waals surface area (Å²) in [5, 5.41) is 32.3. The lowest BCUT2D eigenvalue weighted by Gasteiger charge is -2.44. The van der Waals surface area contributed by atoms with E-state index in [-0.39, 0.29) is 35.0 Å². The summed E-state index contributed by atoms with van der Waals surface area (Å²) in [6.07, 6.45) is 5.59. The van der Waals surface area contributed by atoms with E-state index in [0.717, 1.165) is 5.57 Å². The molecule has 0 saturated heterocycles. The molecule has 0 aliphatic carbocycles. The number of benzene rings is 2. The van der Waals surface area contributed by atoms with E-state index in [1.54, 1.807) is 12.1 Å². The summed E-state index contributed by atoms with van der Waals surface area (Å²) >= 11 is 0. The second kappa shape index (κ2) is 6.29. The zero-order valence-electron chi connectivity index (χ0n) is 18.2. The van der Waals surface area contributed by atoms with Crippen molar-refractivity contribution in [3.8, 4) is 28.7 Å². The summed E-state index contributed by atoms with van der Waals surface area (Å²) in [5.41, 5.74) is -0.528. The fourth-order valence-electron chi connectivity index (χ4n) is 4.49. The maximum atomic E-state index is 13.7. The van der Waals surface area contributed by atoms with E-state index in [1.807, 2.05) is 39.8 Å². The van der Waals surface area contributed by atoms with Crippen LogP contribution in [0.2, 0.25) is 0 Å². The summed E-state index contributed by atoms with van der Waals surface area (Å²) in [7, 11) is 0. The van der Waals surface area contributed by atoms with E-state index in [9.17, 15) is 20.1 Å². The van der Waals surface area contributed by atoms with Crippen LogP contribution in [0.5, 0.6) is 28.7 Å². The zero-order chi connectivity index (χ0) is 23.1. The number of carbonyl (C=O) groups is 1. The Morgan fingerprint density at radius 1 is 1.06 bits per heavy atom. The highest BCUT2D eigenvalue weighted by molar-refractivity contribution is 6.10. The Bertz CT molecular complexity index is 1240. The number of hydrogen-bond acceptors (Lipinski definition) is 7. The number of aromatic hydroxyl groups is 2. The number of fused-ring (bicyclic) bond motifs is 6. The third kappa shape index (κ3) is 2.61. The molecule has 0 fully saturated rings. The molecule has 0 spiro atoms. The summed E-state index contributed by atoms with van der Waals surface area (Å²) in [6.45, 7) is 7.54. The molecule has 0 saturated carbocycles. The molecule has 0 amide bonds. The van der Waals surface area contributed by atoms with Crippen LogP contribution < -0.4 is 14.2 Å². The first kappa shape index (κ1) is 20.5. The number of carbonyl (C=O) groups excluding carboxylic acids is 1. The van der Waals surface area contributed by atoms with E-state index in [2.05, 4.69) is 0 Å². The molecule has 2 aromatic rings. The number of phenols is 2. The fourth-order valence-corrected chi connectivity index (χ4v) is 4.49. The SMILES string of the molecule is CC(C)=CC[C@@]12Oc3c4c(cc(O)c3C(=O)[C@]1(O)Oc1cc(O)ccc12)OC(C)(C)C=C4. The van der Waals surface area contributed by atoms with Crippen molar-refractivity contribution in [2.24, 2.45) is 0 Å². The van der Waals surface area contributed by atoms with E-state index in [0.29, 0.717) is 16.9 Å². The van der Waals surface area contributed by atoms with E-state index >= 15 is 0 Å². The standard InChI is InChI=1S/C25H24O7/c1-13(2)7-10-24-16-6-5-14(26)11-19(16)31-25(24,29)22(28)20-17(27)12-18-15(21(20)32-24)8-9-23(3,4)30-18/h5-9,11-12,26-27,29H,10H2,1-4H3/t24-,25-/m0/s1. The number of aliphatic hydroxyl groups is 1. The minimum atomic E-state index is -2.44. The van der Waals surface area contributed by atoms with Gasteiger partial charge in [-0.25, -0.2) is 0 Å². The van der Waals surface area contributed by atoms with Gasteiger partial charge in [-0.15, -0.1) is 0 Å². The molecule has 3 heterocycles. The average molecular weight is 436 g/mol. The van der Waals surface area contributed by atoms with Gasteiger partial charge in [0.1, 0.15) is 39.9 Å². The Labute approximate surface area is 185 Å². The Morgan fingerprint density at radius 3 is 2.53 bits per heavy atom. The Balaban J connectivity index is 1.80. The van der Waals surface area contributed by atoms with Crippen molar-refractivity contribution < 1.29 is 34.3 Å².